The van der Waals surface area contributed by atoms with Crippen molar-refractivity contribution < 1.29 is 0 Å². The largest absolute Gasteiger partial charge is 0.309 e. The van der Waals surface area contributed by atoms with Gasteiger partial charge >= 0.3 is 0 Å². The fourth-order valence-corrected chi connectivity index (χ4v) is 5.75. The fourth-order valence-electron chi connectivity index (χ4n) is 3.30. The molecule has 0 radical (unpaired) electrons. The second-order valence-corrected chi connectivity index (χ2v) is 9.17. The summed E-state index contributed by atoms with van der Waals surface area (Å²) in [5.74, 6) is 0.733. The van der Waals surface area contributed by atoms with Crippen molar-refractivity contribution in [1.82, 2.24) is 14.9 Å². The van der Waals surface area contributed by atoms with Gasteiger partial charge in [0.15, 0.2) is 0 Å². The van der Waals surface area contributed by atoms with Gasteiger partial charge in [-0.25, -0.2) is 4.98 Å². The first-order valence-electron chi connectivity index (χ1n) is 8.06. The summed E-state index contributed by atoms with van der Waals surface area (Å²) < 4.78 is 0.801. The highest BCUT2D eigenvalue weighted by molar-refractivity contribution is 7.18. The lowest BCUT2D eigenvalue weighted by Gasteiger charge is -2.14. The Hall–Kier alpha value is -1.21. The molecule has 0 saturated carbocycles. The number of thiophene rings is 2. The van der Waals surface area contributed by atoms with Crippen LogP contribution >= 0.6 is 34.3 Å². The lowest BCUT2D eigenvalue weighted by atomic mass is 9.97. The molecule has 3 heterocycles. The summed E-state index contributed by atoms with van der Waals surface area (Å²) in [4.78, 5) is 25.9. The molecule has 4 rings (SSSR count). The van der Waals surface area contributed by atoms with E-state index in [4.69, 9.17) is 16.6 Å². The Morgan fingerprint density at radius 3 is 2.88 bits per heavy atom. The Labute approximate surface area is 153 Å². The number of rotatable bonds is 4. The van der Waals surface area contributed by atoms with Gasteiger partial charge in [-0.15, -0.1) is 22.7 Å². The number of aromatic nitrogens is 2. The van der Waals surface area contributed by atoms with Crippen molar-refractivity contribution in [1.29, 1.82) is 0 Å². The lowest BCUT2D eigenvalue weighted by molar-refractivity contribution is 0.313. The molecule has 1 aliphatic rings. The van der Waals surface area contributed by atoms with E-state index < -0.39 is 0 Å². The van der Waals surface area contributed by atoms with Crippen LogP contribution in [-0.2, 0) is 25.9 Å². The normalized spacial score (nSPS) is 14.5. The van der Waals surface area contributed by atoms with E-state index in [1.807, 2.05) is 19.2 Å². The Morgan fingerprint density at radius 2 is 2.08 bits per heavy atom. The number of hydrogen-bond donors (Lipinski definition) is 1. The lowest BCUT2D eigenvalue weighted by Crippen LogP contribution is -2.21. The van der Waals surface area contributed by atoms with Gasteiger partial charge in [-0.05, 0) is 50.4 Å². The van der Waals surface area contributed by atoms with Crippen LogP contribution in [0.5, 0.6) is 0 Å². The Morgan fingerprint density at radius 1 is 1.25 bits per heavy atom. The first kappa shape index (κ1) is 16.3. The number of aromatic amines is 1. The van der Waals surface area contributed by atoms with Gasteiger partial charge in [-0.1, -0.05) is 11.6 Å². The van der Waals surface area contributed by atoms with Crippen LogP contribution in [0, 0.1) is 0 Å². The second kappa shape index (κ2) is 6.59. The van der Waals surface area contributed by atoms with E-state index in [2.05, 4.69) is 9.88 Å². The van der Waals surface area contributed by atoms with Gasteiger partial charge in [0, 0.05) is 16.3 Å². The highest BCUT2D eigenvalue weighted by Gasteiger charge is 2.20. The number of H-pyrrole nitrogens is 1. The van der Waals surface area contributed by atoms with Crippen LogP contribution in [0.4, 0.5) is 0 Å². The van der Waals surface area contributed by atoms with Crippen LogP contribution < -0.4 is 5.56 Å². The molecule has 0 aliphatic heterocycles. The molecule has 0 saturated heterocycles. The van der Waals surface area contributed by atoms with Crippen molar-refractivity contribution >= 4 is 44.5 Å². The van der Waals surface area contributed by atoms with E-state index in [1.54, 1.807) is 22.7 Å². The molecule has 24 heavy (non-hydrogen) atoms. The molecule has 0 spiro atoms. The minimum atomic E-state index is 0.0157. The predicted molar refractivity (Wildman–Crippen MR) is 101 cm³/mol. The van der Waals surface area contributed by atoms with Gasteiger partial charge in [0.1, 0.15) is 10.7 Å². The van der Waals surface area contributed by atoms with E-state index in [0.717, 1.165) is 39.8 Å². The molecule has 4 nitrogen and oxygen atoms in total. The average molecular weight is 380 g/mol. The highest BCUT2D eigenvalue weighted by atomic mass is 35.5. The van der Waals surface area contributed by atoms with Crippen LogP contribution in [-0.4, -0.2) is 21.9 Å². The minimum Gasteiger partial charge on any atom is -0.309 e. The van der Waals surface area contributed by atoms with Gasteiger partial charge < -0.3 is 4.98 Å². The van der Waals surface area contributed by atoms with Crippen molar-refractivity contribution in [3.8, 4) is 0 Å². The summed E-state index contributed by atoms with van der Waals surface area (Å²) in [7, 11) is 2.03. The van der Waals surface area contributed by atoms with Gasteiger partial charge in [-0.3, -0.25) is 9.69 Å². The van der Waals surface area contributed by atoms with E-state index in [0.29, 0.717) is 6.54 Å². The third-order valence-electron chi connectivity index (χ3n) is 4.35. The second-order valence-electron chi connectivity index (χ2n) is 6.28. The highest BCUT2D eigenvalue weighted by Crippen LogP contribution is 2.33. The van der Waals surface area contributed by atoms with Crippen molar-refractivity contribution in [2.24, 2.45) is 0 Å². The zero-order valence-corrected chi connectivity index (χ0v) is 15.8. The third-order valence-corrected chi connectivity index (χ3v) is 6.75. The summed E-state index contributed by atoms with van der Waals surface area (Å²) in [5, 5.41) is 0.825. The quantitative estimate of drug-likeness (QED) is 0.738. The summed E-state index contributed by atoms with van der Waals surface area (Å²) in [5.41, 5.74) is 1.25. The molecule has 0 bridgehead atoms. The molecule has 0 aromatic carbocycles. The molecule has 0 fully saturated rings. The molecular formula is C17H18ClN3OS2. The Bertz CT molecular complexity index is 943. The third kappa shape index (κ3) is 3.16. The summed E-state index contributed by atoms with van der Waals surface area (Å²) in [6.07, 6.45) is 4.49. The number of nitrogens with zero attached hydrogens (tertiary/aromatic N) is 2. The van der Waals surface area contributed by atoms with Gasteiger partial charge in [0.2, 0.25) is 0 Å². The molecular weight excluding hydrogens is 362 g/mol. The summed E-state index contributed by atoms with van der Waals surface area (Å²) >= 11 is 9.26. The minimum absolute atomic E-state index is 0.0157. The van der Waals surface area contributed by atoms with Gasteiger partial charge in [0.25, 0.3) is 5.56 Å². The Kier molecular flexibility index (Phi) is 4.47. The van der Waals surface area contributed by atoms with E-state index in [-0.39, 0.29) is 5.56 Å². The first-order valence-corrected chi connectivity index (χ1v) is 10.1. The maximum Gasteiger partial charge on any atom is 0.259 e. The topological polar surface area (TPSA) is 49.0 Å². The number of halogens is 1. The predicted octanol–water partition coefficient (Wildman–Crippen LogP) is 4.21. The van der Waals surface area contributed by atoms with Gasteiger partial charge in [-0.2, -0.15) is 0 Å². The molecule has 7 heteroatoms. The number of fused-ring (bicyclic) bond motifs is 3. The van der Waals surface area contributed by atoms with Crippen molar-refractivity contribution in [2.75, 3.05) is 7.05 Å². The maximum absolute atomic E-state index is 12.6. The molecule has 1 aliphatic carbocycles. The smallest absolute Gasteiger partial charge is 0.259 e. The van der Waals surface area contributed by atoms with E-state index in [9.17, 15) is 4.79 Å². The van der Waals surface area contributed by atoms with Crippen LogP contribution in [0.25, 0.3) is 10.2 Å². The molecule has 1 N–H and O–H groups in total. The maximum atomic E-state index is 12.6. The van der Waals surface area contributed by atoms with Crippen molar-refractivity contribution in [3.63, 3.8) is 0 Å². The van der Waals surface area contributed by atoms with Crippen LogP contribution in [0.2, 0.25) is 4.34 Å². The molecule has 3 aromatic rings. The van der Waals surface area contributed by atoms with Crippen molar-refractivity contribution in [3.05, 3.63) is 48.0 Å². The SMILES string of the molecule is CN(Cc1nc2sc3c(c2c(=O)[nH]1)CCCC3)Cc1ccc(Cl)s1. The average Bonchev–Trinajstić information content (AvgIpc) is 3.10. The number of aryl methyl sites for hydroxylation is 2. The number of nitrogens with one attached hydrogen (secondary N) is 1. The standard InChI is InChI=1S/C17H18ClN3OS2/c1-21(8-10-6-7-13(18)23-10)9-14-19-16(22)15-11-4-2-3-5-12(11)24-17(15)20-14/h6-7H,2-5,8-9H2,1H3,(H,19,20,22). The fraction of sp³-hybridized carbons (Fsp3) is 0.412. The monoisotopic (exact) mass is 379 g/mol. The van der Waals surface area contributed by atoms with Crippen LogP contribution in [0.3, 0.4) is 0 Å². The summed E-state index contributed by atoms with van der Waals surface area (Å²) in [6.45, 7) is 1.41. The summed E-state index contributed by atoms with van der Waals surface area (Å²) in [6, 6.07) is 3.95. The van der Waals surface area contributed by atoms with E-state index >= 15 is 0 Å². The van der Waals surface area contributed by atoms with Crippen LogP contribution in [0.15, 0.2) is 16.9 Å². The van der Waals surface area contributed by atoms with E-state index in [1.165, 1.54) is 28.2 Å². The molecule has 126 valence electrons. The number of hydrogen-bond acceptors (Lipinski definition) is 5. The van der Waals surface area contributed by atoms with Crippen molar-refractivity contribution in [2.45, 2.75) is 38.8 Å². The van der Waals surface area contributed by atoms with Crippen LogP contribution in [0.1, 0.15) is 34.0 Å². The zero-order valence-electron chi connectivity index (χ0n) is 13.4. The molecule has 0 amide bonds. The van der Waals surface area contributed by atoms with Gasteiger partial charge in [0.05, 0.1) is 16.3 Å². The zero-order chi connectivity index (χ0) is 16.7. The molecule has 3 aromatic heterocycles. The Balaban J connectivity index is 1.59. The molecule has 0 unspecified atom stereocenters. The molecule has 0 atom stereocenters. The first-order chi connectivity index (χ1) is 11.6.